The van der Waals surface area contributed by atoms with Gasteiger partial charge in [0, 0.05) is 24.3 Å². The normalized spacial score (nSPS) is 25.4. The highest BCUT2D eigenvalue weighted by molar-refractivity contribution is 6.30. The molecule has 0 bridgehead atoms. The van der Waals surface area contributed by atoms with Crippen molar-refractivity contribution in [3.63, 3.8) is 0 Å². The van der Waals surface area contributed by atoms with E-state index in [1.807, 2.05) is 6.20 Å². The summed E-state index contributed by atoms with van der Waals surface area (Å²) in [6.45, 7) is 0.685. The Morgan fingerprint density at radius 3 is 2.60 bits per heavy atom. The summed E-state index contributed by atoms with van der Waals surface area (Å²) in [4.78, 5) is 20.8. The molecule has 2 aliphatic carbocycles. The number of rotatable bonds is 4. The van der Waals surface area contributed by atoms with Crippen LogP contribution in [0, 0.1) is 23.6 Å². The van der Waals surface area contributed by atoms with Gasteiger partial charge in [0.1, 0.15) is 11.5 Å². The number of fused-ring (bicyclic) bond motifs is 2. The van der Waals surface area contributed by atoms with Gasteiger partial charge in [-0.1, -0.05) is 11.6 Å². The quantitative estimate of drug-likeness (QED) is 0.613. The molecule has 2 aliphatic rings. The first kappa shape index (κ1) is 19.4. The zero-order valence-corrected chi connectivity index (χ0v) is 17.3. The zero-order valence-electron chi connectivity index (χ0n) is 16.5. The van der Waals surface area contributed by atoms with Crippen molar-refractivity contribution in [2.45, 2.75) is 31.6 Å². The van der Waals surface area contributed by atoms with Crippen molar-refractivity contribution in [3.8, 4) is 0 Å². The Balaban J connectivity index is 1.20. The molecule has 2 fully saturated rings. The number of nitrogens with zero attached hydrogens (tertiary/aromatic N) is 2. The lowest BCUT2D eigenvalue weighted by Crippen LogP contribution is -2.29. The molecule has 2 saturated carbocycles. The van der Waals surface area contributed by atoms with Crippen LogP contribution in [0.4, 0.5) is 4.39 Å². The van der Waals surface area contributed by atoms with Gasteiger partial charge >= 0.3 is 0 Å². The highest BCUT2D eigenvalue weighted by atomic mass is 35.5. The third kappa shape index (κ3) is 3.79. The monoisotopic (exact) mass is 423 g/mol. The number of amides is 1. The van der Waals surface area contributed by atoms with Crippen LogP contribution in [0.1, 0.15) is 47.7 Å². The van der Waals surface area contributed by atoms with E-state index in [1.54, 1.807) is 24.3 Å². The number of halogens is 2. The first-order chi connectivity index (χ1) is 14.6. The number of pyridine rings is 2. The molecule has 1 aromatic carbocycles. The first-order valence-electron chi connectivity index (χ1n) is 10.5. The van der Waals surface area contributed by atoms with Gasteiger partial charge in [0.25, 0.3) is 5.91 Å². The maximum absolute atomic E-state index is 13.8. The van der Waals surface area contributed by atoms with E-state index >= 15 is 0 Å². The largest absolute Gasteiger partial charge is 0.350 e. The number of carbonyl (C=O) groups excluding carboxylic acids is 1. The highest BCUT2D eigenvalue weighted by Gasteiger charge is 2.42. The van der Waals surface area contributed by atoms with E-state index in [1.165, 1.54) is 17.8 Å². The van der Waals surface area contributed by atoms with Crippen LogP contribution in [-0.4, -0.2) is 22.4 Å². The molecular weight excluding hydrogens is 401 g/mol. The molecule has 0 aliphatic heterocycles. The average molecular weight is 424 g/mol. The van der Waals surface area contributed by atoms with Crippen molar-refractivity contribution in [2.75, 3.05) is 6.54 Å². The molecule has 2 atom stereocenters. The number of carbonyl (C=O) groups is 1. The first-order valence-corrected chi connectivity index (χ1v) is 10.9. The summed E-state index contributed by atoms with van der Waals surface area (Å²) in [6, 6.07) is 10.2. The van der Waals surface area contributed by atoms with E-state index in [4.69, 9.17) is 11.6 Å². The molecule has 30 heavy (non-hydrogen) atoms. The maximum Gasteiger partial charge on any atom is 0.269 e. The molecule has 1 N–H and O–H groups in total. The molecule has 3 aromatic rings. The maximum atomic E-state index is 13.8. The SMILES string of the molecule is O=C(NCC1CC2CC(c3ccnc4ccc(F)cc34)CC2C1)c1ccc(Cl)cn1. The van der Waals surface area contributed by atoms with Crippen LogP contribution in [0.2, 0.25) is 5.02 Å². The van der Waals surface area contributed by atoms with E-state index < -0.39 is 0 Å². The van der Waals surface area contributed by atoms with E-state index in [0.29, 0.717) is 40.9 Å². The van der Waals surface area contributed by atoms with Gasteiger partial charge < -0.3 is 5.32 Å². The minimum Gasteiger partial charge on any atom is -0.350 e. The third-order valence-corrected chi connectivity index (χ3v) is 7.03. The Hall–Kier alpha value is -2.53. The molecule has 0 radical (unpaired) electrons. The van der Waals surface area contributed by atoms with Crippen LogP contribution >= 0.6 is 11.6 Å². The average Bonchev–Trinajstić information content (AvgIpc) is 3.31. The second-order valence-corrected chi connectivity index (χ2v) is 9.10. The Kier molecular flexibility index (Phi) is 5.15. The minimum atomic E-state index is -0.207. The van der Waals surface area contributed by atoms with Crippen LogP contribution in [0.25, 0.3) is 10.9 Å². The summed E-state index contributed by atoms with van der Waals surface area (Å²) in [5, 5.41) is 4.50. The molecule has 6 heteroatoms. The van der Waals surface area contributed by atoms with Gasteiger partial charge in [0.2, 0.25) is 0 Å². The van der Waals surface area contributed by atoms with Crippen molar-refractivity contribution in [1.29, 1.82) is 0 Å². The Morgan fingerprint density at radius 2 is 1.87 bits per heavy atom. The van der Waals surface area contributed by atoms with Crippen LogP contribution in [0.5, 0.6) is 0 Å². The van der Waals surface area contributed by atoms with E-state index in [2.05, 4.69) is 21.4 Å². The van der Waals surface area contributed by atoms with Gasteiger partial charge in [-0.2, -0.15) is 0 Å². The number of nitrogens with one attached hydrogen (secondary N) is 1. The van der Waals surface area contributed by atoms with E-state index in [0.717, 1.165) is 36.6 Å². The lowest BCUT2D eigenvalue weighted by atomic mass is 9.90. The minimum absolute atomic E-state index is 0.146. The van der Waals surface area contributed by atoms with Crippen molar-refractivity contribution in [3.05, 3.63) is 70.9 Å². The summed E-state index contributed by atoms with van der Waals surface area (Å²) in [5.74, 6) is 1.95. The molecule has 0 spiro atoms. The molecule has 5 rings (SSSR count). The Morgan fingerprint density at radius 1 is 1.07 bits per heavy atom. The Bertz CT molecular complexity index is 1070. The molecular formula is C24H23ClFN3O. The number of benzene rings is 1. The molecule has 154 valence electrons. The van der Waals surface area contributed by atoms with Crippen molar-refractivity contribution >= 4 is 28.4 Å². The summed E-state index contributed by atoms with van der Waals surface area (Å²) < 4.78 is 13.8. The van der Waals surface area contributed by atoms with Crippen molar-refractivity contribution in [2.24, 2.45) is 17.8 Å². The predicted molar refractivity (Wildman–Crippen MR) is 115 cm³/mol. The topological polar surface area (TPSA) is 54.9 Å². The van der Waals surface area contributed by atoms with E-state index in [-0.39, 0.29) is 11.7 Å². The Labute approximate surface area is 179 Å². The van der Waals surface area contributed by atoms with Gasteiger partial charge in [-0.15, -0.1) is 0 Å². The van der Waals surface area contributed by atoms with Gasteiger partial charge in [-0.25, -0.2) is 9.37 Å². The molecule has 2 heterocycles. The van der Waals surface area contributed by atoms with E-state index in [9.17, 15) is 9.18 Å². The number of hydrogen-bond donors (Lipinski definition) is 1. The second-order valence-electron chi connectivity index (χ2n) is 8.66. The lowest BCUT2D eigenvalue weighted by Gasteiger charge is -2.17. The van der Waals surface area contributed by atoms with Gasteiger partial charge in [-0.05, 0) is 91.3 Å². The lowest BCUT2D eigenvalue weighted by molar-refractivity contribution is 0.0941. The van der Waals surface area contributed by atoms with Crippen LogP contribution in [0.3, 0.4) is 0 Å². The fourth-order valence-electron chi connectivity index (χ4n) is 5.50. The van der Waals surface area contributed by atoms with Gasteiger partial charge in [0.15, 0.2) is 0 Å². The smallest absolute Gasteiger partial charge is 0.269 e. The molecule has 2 aromatic heterocycles. The molecule has 4 nitrogen and oxygen atoms in total. The fraction of sp³-hybridized carbons (Fsp3) is 0.375. The summed E-state index contributed by atoms with van der Waals surface area (Å²) in [6.07, 6.45) is 7.85. The summed E-state index contributed by atoms with van der Waals surface area (Å²) in [7, 11) is 0. The van der Waals surface area contributed by atoms with Crippen LogP contribution in [-0.2, 0) is 0 Å². The summed E-state index contributed by atoms with van der Waals surface area (Å²) >= 11 is 5.83. The van der Waals surface area contributed by atoms with Gasteiger partial charge in [-0.3, -0.25) is 9.78 Å². The van der Waals surface area contributed by atoms with Crippen molar-refractivity contribution < 1.29 is 9.18 Å². The standard InChI is InChI=1S/C24H23ClFN3O/c25-18-1-3-23(28-13-18)24(30)29-12-14-7-15-9-17(10-16(15)8-14)20-5-6-27-22-4-2-19(26)11-21(20)22/h1-6,11,13-17H,7-10,12H2,(H,29,30). The molecule has 0 saturated heterocycles. The number of aromatic nitrogens is 2. The van der Waals surface area contributed by atoms with Gasteiger partial charge in [0.05, 0.1) is 10.5 Å². The van der Waals surface area contributed by atoms with Crippen LogP contribution in [0.15, 0.2) is 48.8 Å². The zero-order chi connectivity index (χ0) is 20.7. The molecule has 2 unspecified atom stereocenters. The predicted octanol–water partition coefficient (Wildman–Crippen LogP) is 5.37. The number of hydrogen-bond acceptors (Lipinski definition) is 3. The second kappa shape index (κ2) is 7.95. The van der Waals surface area contributed by atoms with Crippen LogP contribution < -0.4 is 5.32 Å². The molecule has 1 amide bonds. The summed E-state index contributed by atoms with van der Waals surface area (Å²) in [5.41, 5.74) is 2.49. The van der Waals surface area contributed by atoms with Crippen molar-refractivity contribution in [1.82, 2.24) is 15.3 Å². The highest BCUT2D eigenvalue weighted by Crippen LogP contribution is 2.53. The third-order valence-electron chi connectivity index (χ3n) is 6.80. The fourth-order valence-corrected chi connectivity index (χ4v) is 5.61.